The van der Waals surface area contributed by atoms with E-state index in [9.17, 15) is 10.1 Å². The number of hydrogen-bond donors (Lipinski definition) is 1. The van der Waals surface area contributed by atoms with Crippen molar-refractivity contribution < 1.29 is 14.4 Å². The van der Waals surface area contributed by atoms with Gasteiger partial charge in [0.25, 0.3) is 5.69 Å². The summed E-state index contributed by atoms with van der Waals surface area (Å²) in [6.07, 6.45) is 0. The largest absolute Gasteiger partial charge is 0.437 e. The van der Waals surface area contributed by atoms with Gasteiger partial charge in [-0.15, -0.1) is 0 Å². The maximum Gasteiger partial charge on any atom is 0.273 e. The highest BCUT2D eigenvalue weighted by molar-refractivity contribution is 6.32. The van der Waals surface area contributed by atoms with Crippen LogP contribution in [0, 0.1) is 10.1 Å². The summed E-state index contributed by atoms with van der Waals surface area (Å²) < 4.78 is 10.4. The Morgan fingerprint density at radius 3 is 2.81 bits per heavy atom. The lowest BCUT2D eigenvalue weighted by atomic mass is 10.3. The zero-order chi connectivity index (χ0) is 15.4. The van der Waals surface area contributed by atoms with E-state index in [1.54, 1.807) is 0 Å². The van der Waals surface area contributed by atoms with Crippen molar-refractivity contribution >= 4 is 23.1 Å². The summed E-state index contributed by atoms with van der Waals surface area (Å²) in [5.41, 5.74) is 5.49. The average Bonchev–Trinajstić information content (AvgIpc) is 2.40. The molecule has 0 spiro atoms. The number of nitro groups is 1. The number of halogens is 1. The fourth-order valence-corrected chi connectivity index (χ4v) is 1.69. The molecule has 21 heavy (non-hydrogen) atoms. The fourth-order valence-electron chi connectivity index (χ4n) is 1.53. The predicted molar refractivity (Wildman–Crippen MR) is 75.3 cm³/mol. The van der Waals surface area contributed by atoms with Crippen molar-refractivity contribution in [3.05, 3.63) is 45.2 Å². The van der Waals surface area contributed by atoms with Crippen LogP contribution in [0.15, 0.2) is 24.3 Å². The smallest absolute Gasteiger partial charge is 0.273 e. The maximum atomic E-state index is 10.8. The number of rotatable bonds is 5. The molecule has 2 rings (SSSR count). The number of nitrogens with zero attached hydrogens (tertiary/aromatic N) is 3. The molecule has 0 aliphatic rings. The lowest BCUT2D eigenvalue weighted by Crippen LogP contribution is -2.02. The number of nitrogens with two attached hydrogens (primary N) is 1. The van der Waals surface area contributed by atoms with Gasteiger partial charge >= 0.3 is 0 Å². The number of nitro benzene ring substituents is 1. The van der Waals surface area contributed by atoms with E-state index in [0.29, 0.717) is 5.82 Å². The highest BCUT2D eigenvalue weighted by Gasteiger charge is 2.13. The molecule has 110 valence electrons. The Kier molecular flexibility index (Phi) is 4.51. The van der Waals surface area contributed by atoms with Crippen LogP contribution in [-0.4, -0.2) is 22.0 Å². The molecule has 0 unspecified atom stereocenters. The lowest BCUT2D eigenvalue weighted by Gasteiger charge is -2.08. The number of benzene rings is 1. The van der Waals surface area contributed by atoms with Gasteiger partial charge in [0, 0.05) is 19.2 Å². The van der Waals surface area contributed by atoms with E-state index in [4.69, 9.17) is 26.8 Å². The summed E-state index contributed by atoms with van der Waals surface area (Å²) in [6, 6.07) is 5.24. The summed E-state index contributed by atoms with van der Waals surface area (Å²) in [5, 5.41) is 11.0. The molecule has 1 aromatic heterocycles. The van der Waals surface area contributed by atoms with Crippen LogP contribution in [0.1, 0.15) is 5.82 Å². The van der Waals surface area contributed by atoms with E-state index in [2.05, 4.69) is 9.97 Å². The van der Waals surface area contributed by atoms with Crippen molar-refractivity contribution in [3.63, 3.8) is 0 Å². The number of methoxy groups -OCH3 is 1. The molecule has 0 saturated carbocycles. The van der Waals surface area contributed by atoms with Crippen LogP contribution in [0.25, 0.3) is 0 Å². The third kappa shape index (κ3) is 3.77. The SMILES string of the molecule is COCc1nc(N)cc(Oc2cc([N+](=O)[O-])ccc2Cl)n1. The highest BCUT2D eigenvalue weighted by atomic mass is 35.5. The monoisotopic (exact) mass is 310 g/mol. The summed E-state index contributed by atoms with van der Waals surface area (Å²) in [5.74, 6) is 0.743. The normalized spacial score (nSPS) is 10.4. The minimum atomic E-state index is -0.548. The van der Waals surface area contributed by atoms with E-state index in [1.165, 1.54) is 31.4 Å². The molecule has 1 aromatic carbocycles. The van der Waals surface area contributed by atoms with Crippen molar-refractivity contribution in [2.45, 2.75) is 6.61 Å². The summed E-state index contributed by atoms with van der Waals surface area (Å²) in [7, 11) is 1.49. The van der Waals surface area contributed by atoms with Crippen LogP contribution in [0.4, 0.5) is 11.5 Å². The molecule has 8 nitrogen and oxygen atoms in total. The van der Waals surface area contributed by atoms with E-state index >= 15 is 0 Å². The van der Waals surface area contributed by atoms with Gasteiger partial charge in [0.15, 0.2) is 11.6 Å². The van der Waals surface area contributed by atoms with E-state index in [0.717, 1.165) is 0 Å². The Morgan fingerprint density at radius 1 is 1.38 bits per heavy atom. The Balaban J connectivity index is 2.33. The van der Waals surface area contributed by atoms with Gasteiger partial charge in [0.2, 0.25) is 5.88 Å². The van der Waals surface area contributed by atoms with E-state index in [-0.39, 0.29) is 34.8 Å². The summed E-state index contributed by atoms with van der Waals surface area (Å²) in [6.45, 7) is 0.157. The molecule has 0 saturated heterocycles. The third-order valence-corrected chi connectivity index (χ3v) is 2.69. The molecule has 0 bridgehead atoms. The lowest BCUT2D eigenvalue weighted by molar-refractivity contribution is -0.384. The molecular weight excluding hydrogens is 300 g/mol. The van der Waals surface area contributed by atoms with Crippen molar-refractivity contribution in [2.24, 2.45) is 0 Å². The van der Waals surface area contributed by atoms with Gasteiger partial charge in [-0.05, 0) is 6.07 Å². The van der Waals surface area contributed by atoms with Gasteiger partial charge in [0.05, 0.1) is 16.0 Å². The van der Waals surface area contributed by atoms with Crippen LogP contribution in [0.2, 0.25) is 5.02 Å². The Morgan fingerprint density at radius 2 is 2.14 bits per heavy atom. The summed E-state index contributed by atoms with van der Waals surface area (Å²) in [4.78, 5) is 18.2. The zero-order valence-corrected chi connectivity index (χ0v) is 11.7. The fraction of sp³-hybridized carbons (Fsp3) is 0.167. The zero-order valence-electron chi connectivity index (χ0n) is 10.9. The number of nitrogen functional groups attached to an aromatic ring is 1. The topological polar surface area (TPSA) is 113 Å². The first-order valence-corrected chi connectivity index (χ1v) is 6.11. The van der Waals surface area contributed by atoms with Crippen molar-refractivity contribution in [2.75, 3.05) is 12.8 Å². The molecule has 0 radical (unpaired) electrons. The van der Waals surface area contributed by atoms with Crippen LogP contribution in [0.5, 0.6) is 11.6 Å². The van der Waals surface area contributed by atoms with Crippen LogP contribution in [-0.2, 0) is 11.3 Å². The van der Waals surface area contributed by atoms with Gasteiger partial charge in [-0.3, -0.25) is 10.1 Å². The minimum Gasteiger partial charge on any atom is -0.437 e. The Hall–Kier alpha value is -2.45. The Bertz CT molecular complexity index is 680. The molecule has 9 heteroatoms. The van der Waals surface area contributed by atoms with Gasteiger partial charge in [-0.1, -0.05) is 11.6 Å². The number of anilines is 1. The molecular formula is C12H11ClN4O4. The van der Waals surface area contributed by atoms with Crippen LogP contribution in [0.3, 0.4) is 0 Å². The first-order chi connectivity index (χ1) is 9.99. The maximum absolute atomic E-state index is 10.8. The van der Waals surface area contributed by atoms with Crippen LogP contribution >= 0.6 is 11.6 Å². The molecule has 2 N–H and O–H groups in total. The van der Waals surface area contributed by atoms with Crippen LogP contribution < -0.4 is 10.5 Å². The highest BCUT2D eigenvalue weighted by Crippen LogP contribution is 2.32. The first kappa shape index (κ1) is 14.9. The second-order valence-corrected chi connectivity index (χ2v) is 4.36. The minimum absolute atomic E-state index is 0.104. The number of aromatic nitrogens is 2. The van der Waals surface area contributed by atoms with Crippen molar-refractivity contribution in [1.82, 2.24) is 9.97 Å². The molecule has 0 atom stereocenters. The summed E-state index contributed by atoms with van der Waals surface area (Å²) >= 11 is 5.94. The van der Waals surface area contributed by atoms with Gasteiger partial charge < -0.3 is 15.2 Å². The molecule has 0 amide bonds. The van der Waals surface area contributed by atoms with Gasteiger partial charge in [0.1, 0.15) is 12.4 Å². The number of non-ortho nitro benzene ring substituents is 1. The van der Waals surface area contributed by atoms with Crippen molar-refractivity contribution in [3.8, 4) is 11.6 Å². The molecule has 0 fully saturated rings. The van der Waals surface area contributed by atoms with E-state index in [1.807, 2.05) is 0 Å². The van der Waals surface area contributed by atoms with Gasteiger partial charge in [-0.2, -0.15) is 4.98 Å². The standard InChI is InChI=1S/C12H11ClN4O4/c1-20-6-11-15-10(14)5-12(16-11)21-9-4-7(17(18)19)2-3-8(9)13/h2-5H,6H2,1H3,(H2,14,15,16). The third-order valence-electron chi connectivity index (χ3n) is 2.38. The van der Waals surface area contributed by atoms with Crippen molar-refractivity contribution in [1.29, 1.82) is 0 Å². The Labute approximate surface area is 124 Å². The van der Waals surface area contributed by atoms with Gasteiger partial charge in [-0.25, -0.2) is 4.98 Å². The average molecular weight is 311 g/mol. The quantitative estimate of drug-likeness (QED) is 0.666. The molecule has 0 aliphatic carbocycles. The molecule has 1 heterocycles. The number of ether oxygens (including phenoxy) is 2. The number of hydrogen-bond acceptors (Lipinski definition) is 7. The molecule has 2 aromatic rings. The second-order valence-electron chi connectivity index (χ2n) is 3.95. The molecule has 0 aliphatic heterocycles. The first-order valence-electron chi connectivity index (χ1n) is 5.73. The second kappa shape index (κ2) is 6.33. The predicted octanol–water partition coefficient (Wildman–Crippen LogP) is 2.56. The van der Waals surface area contributed by atoms with E-state index < -0.39 is 4.92 Å².